The zero-order chi connectivity index (χ0) is 26.5. The van der Waals surface area contributed by atoms with Crippen LogP contribution in [0.25, 0.3) is 0 Å². The lowest BCUT2D eigenvalue weighted by molar-refractivity contribution is -0.150. The SMILES string of the molecule is C=CCON=C(C(=O)NC1C(=O)N2C(C(=O)O)=C(C(CCO)Sc3nn[nH]n3)CS[C@H]12)c1csc(N)n1.Cl. The van der Waals surface area contributed by atoms with Crippen LogP contribution in [0, 0.1) is 0 Å². The summed E-state index contributed by atoms with van der Waals surface area (Å²) in [7, 11) is 0. The number of hydrogen-bond acceptors (Lipinski definition) is 14. The van der Waals surface area contributed by atoms with Gasteiger partial charge in [0.15, 0.2) is 10.8 Å². The van der Waals surface area contributed by atoms with E-state index in [1.165, 1.54) is 23.2 Å². The van der Waals surface area contributed by atoms with Gasteiger partial charge in [-0.2, -0.15) is 5.21 Å². The molecule has 2 aliphatic rings. The predicted molar refractivity (Wildman–Crippen MR) is 142 cm³/mol. The first-order valence-electron chi connectivity index (χ1n) is 10.6. The van der Waals surface area contributed by atoms with E-state index in [1.807, 2.05) is 0 Å². The number of thiazole rings is 1. The molecule has 2 unspecified atom stereocenters. The average Bonchev–Trinajstić information content (AvgIpc) is 3.55. The monoisotopic (exact) mass is 603 g/mol. The number of aromatic nitrogens is 5. The number of nitrogens with zero attached hydrogens (tertiary/aromatic N) is 6. The zero-order valence-corrected chi connectivity index (χ0v) is 22.6. The van der Waals surface area contributed by atoms with Crippen molar-refractivity contribution in [1.29, 1.82) is 0 Å². The number of nitrogens with one attached hydrogen (secondary N) is 2. The van der Waals surface area contributed by atoms with Gasteiger partial charge in [0, 0.05) is 23.0 Å². The minimum absolute atomic E-state index is 0. The summed E-state index contributed by atoms with van der Waals surface area (Å²) in [6.45, 7) is 3.34. The first-order chi connectivity index (χ1) is 17.8. The molecule has 2 amide bonds. The third-order valence-electron chi connectivity index (χ3n) is 5.17. The fourth-order valence-electron chi connectivity index (χ4n) is 3.61. The number of amides is 2. The number of aliphatic hydroxyl groups excluding tert-OH is 1. The van der Waals surface area contributed by atoms with Crippen molar-refractivity contribution < 1.29 is 29.4 Å². The van der Waals surface area contributed by atoms with Gasteiger partial charge in [0.1, 0.15) is 29.4 Å². The highest BCUT2D eigenvalue weighted by atomic mass is 35.5. The quantitative estimate of drug-likeness (QED) is 0.0532. The van der Waals surface area contributed by atoms with E-state index in [1.54, 1.807) is 0 Å². The predicted octanol–water partition coefficient (Wildman–Crippen LogP) is -0.151. The van der Waals surface area contributed by atoms with Gasteiger partial charge >= 0.3 is 5.97 Å². The van der Waals surface area contributed by atoms with E-state index in [0.717, 1.165) is 28.0 Å². The summed E-state index contributed by atoms with van der Waals surface area (Å²) in [5.74, 6) is -2.39. The molecule has 19 heteroatoms. The summed E-state index contributed by atoms with van der Waals surface area (Å²) < 4.78 is 0. The second kappa shape index (κ2) is 13.1. The number of carbonyl (C=O) groups excluding carboxylic acids is 2. The Balaban J connectivity index is 0.00000400. The van der Waals surface area contributed by atoms with Crippen LogP contribution in [0.3, 0.4) is 0 Å². The van der Waals surface area contributed by atoms with Gasteiger partial charge in [-0.25, -0.2) is 9.78 Å². The van der Waals surface area contributed by atoms with Gasteiger partial charge in [-0.1, -0.05) is 29.6 Å². The Bertz CT molecular complexity index is 1250. The zero-order valence-electron chi connectivity index (χ0n) is 19.3. The number of carbonyl (C=O) groups is 3. The Morgan fingerprint density at radius 2 is 2.29 bits per heavy atom. The van der Waals surface area contributed by atoms with Crippen molar-refractivity contribution in [3.8, 4) is 0 Å². The molecule has 3 atom stereocenters. The summed E-state index contributed by atoms with van der Waals surface area (Å²) in [5.41, 5.74) is 5.91. The van der Waals surface area contributed by atoms with E-state index in [2.05, 4.69) is 42.7 Å². The molecule has 6 N–H and O–H groups in total. The van der Waals surface area contributed by atoms with Crippen molar-refractivity contribution in [2.75, 3.05) is 24.7 Å². The standard InChI is InChI=1S/C19H21N9O6S3.ClH/c1-2-5-34-25-11(9-7-36-18(20)21-9)14(30)22-12-15(31)28-13(17(32)33)8(6-35-16(12)28)10(3-4-29)37-19-23-26-27-24-19;/h2,7,10,12,16,29H,1,3-6H2,(H2,20,21)(H,22,30)(H,32,33)(H,23,24,26,27);1H/t10?,12?,16-;/m1./s1. The summed E-state index contributed by atoms with van der Waals surface area (Å²) in [4.78, 5) is 48.6. The molecule has 0 aromatic carbocycles. The molecular weight excluding hydrogens is 582 g/mol. The Morgan fingerprint density at radius 3 is 2.89 bits per heavy atom. The maximum absolute atomic E-state index is 13.1. The van der Waals surface area contributed by atoms with Crippen LogP contribution < -0.4 is 11.1 Å². The number of fused-ring (bicyclic) bond motifs is 1. The number of aromatic amines is 1. The molecule has 2 aromatic rings. The molecule has 0 spiro atoms. The maximum Gasteiger partial charge on any atom is 0.352 e. The average molecular weight is 604 g/mol. The van der Waals surface area contributed by atoms with Crippen molar-refractivity contribution in [3.63, 3.8) is 0 Å². The molecule has 1 fully saturated rings. The van der Waals surface area contributed by atoms with E-state index in [-0.39, 0.29) is 65.2 Å². The number of H-pyrrole nitrogens is 1. The van der Waals surface area contributed by atoms with Crippen LogP contribution in [-0.4, -0.2) is 99.8 Å². The Morgan fingerprint density at radius 1 is 1.50 bits per heavy atom. The van der Waals surface area contributed by atoms with Crippen LogP contribution in [-0.2, 0) is 19.2 Å². The number of tetrazole rings is 1. The fourth-order valence-corrected chi connectivity index (χ4v) is 6.68. The minimum Gasteiger partial charge on any atom is -0.477 e. The van der Waals surface area contributed by atoms with Gasteiger partial charge in [-0.05, 0) is 17.2 Å². The highest BCUT2D eigenvalue weighted by Gasteiger charge is 2.55. The number of thioether (sulfide) groups is 2. The Kier molecular flexibility index (Phi) is 10.1. The molecule has 0 radical (unpaired) electrons. The largest absolute Gasteiger partial charge is 0.477 e. The number of aliphatic carboxylic acids is 1. The molecule has 38 heavy (non-hydrogen) atoms. The molecule has 0 bridgehead atoms. The number of oxime groups is 1. The fraction of sp³-hybridized carbons (Fsp3) is 0.368. The van der Waals surface area contributed by atoms with Crippen LogP contribution in [0.4, 0.5) is 5.13 Å². The minimum atomic E-state index is -1.30. The first-order valence-corrected chi connectivity index (χ1v) is 13.4. The number of nitrogen functional groups attached to an aromatic ring is 1. The number of rotatable bonds is 12. The van der Waals surface area contributed by atoms with Gasteiger partial charge in [0.2, 0.25) is 5.16 Å². The number of anilines is 1. The molecule has 204 valence electrons. The highest BCUT2D eigenvalue weighted by Crippen LogP contribution is 2.44. The van der Waals surface area contributed by atoms with E-state index in [4.69, 9.17) is 10.6 Å². The Hall–Kier alpha value is -3.19. The molecule has 2 aromatic heterocycles. The van der Waals surface area contributed by atoms with Gasteiger partial charge in [-0.3, -0.25) is 14.5 Å². The first kappa shape index (κ1) is 29.4. The highest BCUT2D eigenvalue weighted by molar-refractivity contribution is 8.01. The van der Waals surface area contributed by atoms with Crippen molar-refractivity contribution in [1.82, 2.24) is 35.8 Å². The number of halogens is 1. The van der Waals surface area contributed by atoms with Crippen molar-refractivity contribution >= 4 is 75.9 Å². The summed E-state index contributed by atoms with van der Waals surface area (Å²) >= 11 is 3.52. The normalized spacial score (nSPS) is 19.7. The lowest BCUT2D eigenvalue weighted by atomic mass is 10.00. The molecular formula is C19H22ClN9O6S3. The van der Waals surface area contributed by atoms with E-state index < -0.39 is 34.4 Å². The molecule has 0 saturated carbocycles. The van der Waals surface area contributed by atoms with Gasteiger partial charge in [0.25, 0.3) is 11.8 Å². The van der Waals surface area contributed by atoms with Crippen LogP contribution in [0.2, 0.25) is 0 Å². The number of nitrogens with two attached hydrogens (primary N) is 1. The van der Waals surface area contributed by atoms with Gasteiger partial charge in [-0.15, -0.1) is 45.7 Å². The van der Waals surface area contributed by atoms with Gasteiger partial charge < -0.3 is 26.1 Å². The van der Waals surface area contributed by atoms with Crippen molar-refractivity contribution in [2.45, 2.75) is 28.2 Å². The van der Waals surface area contributed by atoms with E-state index in [9.17, 15) is 24.6 Å². The number of hydrogen-bond donors (Lipinski definition) is 5. The topological polar surface area (TPSA) is 222 Å². The van der Waals surface area contributed by atoms with Gasteiger partial charge in [0.05, 0.1) is 0 Å². The third kappa shape index (κ3) is 6.09. The number of β-lactam (4-membered cyclic amide) rings is 1. The van der Waals surface area contributed by atoms with Crippen LogP contribution in [0.15, 0.2) is 39.6 Å². The van der Waals surface area contributed by atoms with Crippen LogP contribution in [0.1, 0.15) is 12.1 Å². The number of carboxylic acids is 1. The molecule has 0 aliphatic carbocycles. The lowest BCUT2D eigenvalue weighted by Crippen LogP contribution is -2.71. The maximum atomic E-state index is 13.1. The molecule has 1 saturated heterocycles. The summed E-state index contributed by atoms with van der Waals surface area (Å²) in [6, 6.07) is -1.00. The Labute approximate surface area is 233 Å². The smallest absolute Gasteiger partial charge is 0.352 e. The molecule has 4 rings (SSSR count). The summed E-state index contributed by atoms with van der Waals surface area (Å²) in [5, 5.41) is 40.3. The van der Waals surface area contributed by atoms with Crippen LogP contribution >= 0.6 is 47.3 Å². The summed E-state index contributed by atoms with van der Waals surface area (Å²) in [6.07, 6.45) is 1.65. The van der Waals surface area contributed by atoms with Crippen molar-refractivity contribution in [2.24, 2.45) is 5.16 Å². The van der Waals surface area contributed by atoms with E-state index >= 15 is 0 Å². The third-order valence-corrected chi connectivity index (χ3v) is 8.33. The second-order valence-electron chi connectivity index (χ2n) is 7.45. The molecule has 4 heterocycles. The number of aliphatic hydroxyl groups is 1. The van der Waals surface area contributed by atoms with Crippen molar-refractivity contribution in [3.05, 3.63) is 35.0 Å². The molecule has 2 aliphatic heterocycles. The molecule has 15 nitrogen and oxygen atoms in total. The van der Waals surface area contributed by atoms with Crippen LogP contribution in [0.5, 0.6) is 0 Å². The second-order valence-corrected chi connectivity index (χ2v) is 10.6. The lowest BCUT2D eigenvalue weighted by Gasteiger charge is -2.50. The van der Waals surface area contributed by atoms with E-state index in [0.29, 0.717) is 5.57 Å². The number of carboxylic acid groups (broad SMARTS) is 1.